The second kappa shape index (κ2) is 6.54. The fraction of sp³-hybridized carbons (Fsp3) is 0.714. The summed E-state index contributed by atoms with van der Waals surface area (Å²) >= 11 is 1.28. The first kappa shape index (κ1) is 15.3. The molecule has 0 bridgehead atoms. The Bertz CT molecular complexity index is 471. The lowest BCUT2D eigenvalue weighted by Crippen LogP contribution is -2.37. The molecule has 0 spiro atoms. The molecule has 1 heterocycles. The number of aromatic carboxylic acids is 1. The third-order valence-electron chi connectivity index (χ3n) is 3.79. The number of carboxylic acids is 1. The van der Waals surface area contributed by atoms with Crippen LogP contribution in [0.5, 0.6) is 0 Å². The highest BCUT2D eigenvalue weighted by Gasteiger charge is 2.33. The van der Waals surface area contributed by atoms with Crippen LogP contribution < -0.4 is 4.90 Å². The minimum Gasteiger partial charge on any atom is -0.477 e. The van der Waals surface area contributed by atoms with Gasteiger partial charge >= 0.3 is 5.97 Å². The molecule has 5 nitrogen and oxygen atoms in total. The van der Waals surface area contributed by atoms with E-state index in [4.69, 9.17) is 4.74 Å². The highest BCUT2D eigenvalue weighted by atomic mass is 32.1. The van der Waals surface area contributed by atoms with Crippen molar-refractivity contribution in [3.8, 4) is 0 Å². The van der Waals surface area contributed by atoms with Crippen LogP contribution in [0.15, 0.2) is 0 Å². The van der Waals surface area contributed by atoms with Gasteiger partial charge in [0.05, 0.1) is 12.3 Å². The zero-order valence-electron chi connectivity index (χ0n) is 12.3. The average molecular weight is 298 g/mol. The van der Waals surface area contributed by atoms with Crippen LogP contribution >= 0.6 is 11.3 Å². The molecule has 0 radical (unpaired) electrons. The topological polar surface area (TPSA) is 62.7 Å². The zero-order valence-corrected chi connectivity index (χ0v) is 13.1. The second-order valence-electron chi connectivity index (χ2n) is 5.20. The second-order valence-corrected chi connectivity index (χ2v) is 6.17. The van der Waals surface area contributed by atoms with Gasteiger partial charge in [-0.3, -0.25) is 0 Å². The van der Waals surface area contributed by atoms with Crippen molar-refractivity contribution in [2.24, 2.45) is 5.92 Å². The number of rotatable bonds is 8. The molecule has 6 heteroatoms. The summed E-state index contributed by atoms with van der Waals surface area (Å²) in [7, 11) is 1.68. The number of hydrogen-bond acceptors (Lipinski definition) is 5. The van der Waals surface area contributed by atoms with Gasteiger partial charge in [0.25, 0.3) is 0 Å². The molecule has 0 saturated heterocycles. The van der Waals surface area contributed by atoms with Gasteiger partial charge in [-0.1, -0.05) is 18.3 Å². The quantitative estimate of drug-likeness (QED) is 0.799. The van der Waals surface area contributed by atoms with E-state index in [2.05, 4.69) is 16.8 Å². The van der Waals surface area contributed by atoms with E-state index in [1.54, 1.807) is 7.11 Å². The summed E-state index contributed by atoms with van der Waals surface area (Å²) in [6, 6.07) is 0.391. The maximum atomic E-state index is 11.3. The number of thiazole rings is 1. The Hall–Kier alpha value is -1.14. The first-order chi connectivity index (χ1) is 9.58. The Morgan fingerprint density at radius 3 is 2.75 bits per heavy atom. The molecule has 2 rings (SSSR count). The predicted octanol–water partition coefficient (Wildman–Crippen LogP) is 2.66. The number of ether oxygens (including phenoxy) is 1. The number of carbonyl (C=O) groups is 1. The first-order valence-corrected chi connectivity index (χ1v) is 7.88. The van der Waals surface area contributed by atoms with Gasteiger partial charge in [-0.2, -0.15) is 0 Å². The van der Waals surface area contributed by atoms with Crippen molar-refractivity contribution in [2.45, 2.75) is 39.2 Å². The van der Waals surface area contributed by atoms with E-state index in [-0.39, 0.29) is 0 Å². The number of carboxylic acid groups (broad SMARTS) is 1. The van der Waals surface area contributed by atoms with Crippen molar-refractivity contribution in [3.05, 3.63) is 10.6 Å². The van der Waals surface area contributed by atoms with E-state index in [9.17, 15) is 9.90 Å². The molecular formula is C14H22N2O3S. The number of methoxy groups -OCH3 is 1. The number of nitrogens with zero attached hydrogens (tertiary/aromatic N) is 2. The van der Waals surface area contributed by atoms with Crippen molar-refractivity contribution >= 4 is 22.4 Å². The number of hydrogen-bond donors (Lipinski definition) is 1. The van der Waals surface area contributed by atoms with Crippen molar-refractivity contribution in [1.29, 1.82) is 0 Å². The van der Waals surface area contributed by atoms with E-state index in [0.717, 1.165) is 11.7 Å². The average Bonchev–Trinajstić information content (AvgIpc) is 3.18. The van der Waals surface area contributed by atoms with Crippen LogP contribution in [-0.4, -0.2) is 42.4 Å². The lowest BCUT2D eigenvalue weighted by atomic mass is 10.2. The summed E-state index contributed by atoms with van der Waals surface area (Å²) in [6.45, 7) is 5.51. The van der Waals surface area contributed by atoms with E-state index in [1.165, 1.54) is 24.2 Å². The van der Waals surface area contributed by atoms with Crippen molar-refractivity contribution < 1.29 is 14.6 Å². The Morgan fingerprint density at radius 2 is 2.30 bits per heavy atom. The normalized spacial score (nSPS) is 16.1. The Morgan fingerprint density at radius 1 is 1.60 bits per heavy atom. The molecule has 1 N–H and O–H groups in total. The minimum atomic E-state index is -0.878. The Labute approximate surface area is 123 Å². The van der Waals surface area contributed by atoms with Gasteiger partial charge in [0.2, 0.25) is 0 Å². The molecule has 112 valence electrons. The van der Waals surface area contributed by atoms with E-state index >= 15 is 0 Å². The van der Waals surface area contributed by atoms with Gasteiger partial charge in [0.15, 0.2) is 5.13 Å². The van der Waals surface area contributed by atoms with Crippen LogP contribution in [-0.2, 0) is 11.2 Å². The van der Waals surface area contributed by atoms with Crippen LogP contribution in [0.25, 0.3) is 0 Å². The highest BCUT2D eigenvalue weighted by Crippen LogP contribution is 2.38. The predicted molar refractivity (Wildman–Crippen MR) is 79.9 cm³/mol. The zero-order chi connectivity index (χ0) is 14.7. The number of aryl methyl sites for hydroxylation is 1. The van der Waals surface area contributed by atoms with Gasteiger partial charge in [0.1, 0.15) is 4.88 Å². The molecule has 1 unspecified atom stereocenters. The fourth-order valence-electron chi connectivity index (χ4n) is 2.37. The maximum absolute atomic E-state index is 11.3. The van der Waals surface area contributed by atoms with Crippen LogP contribution in [0.3, 0.4) is 0 Å². The SMILES string of the molecule is CCc1nc(N(CCOC)C(C)C2CC2)sc1C(=O)O. The molecule has 1 saturated carbocycles. The van der Waals surface area contributed by atoms with Crippen LogP contribution in [0.1, 0.15) is 42.1 Å². The van der Waals surface area contributed by atoms with E-state index in [0.29, 0.717) is 35.6 Å². The Balaban J connectivity index is 2.24. The summed E-state index contributed by atoms with van der Waals surface area (Å²) in [5, 5.41) is 10.1. The lowest BCUT2D eigenvalue weighted by Gasteiger charge is -2.28. The molecule has 20 heavy (non-hydrogen) atoms. The third kappa shape index (κ3) is 3.30. The van der Waals surface area contributed by atoms with Crippen molar-refractivity contribution in [1.82, 2.24) is 4.98 Å². The van der Waals surface area contributed by atoms with Crippen molar-refractivity contribution in [3.63, 3.8) is 0 Å². The maximum Gasteiger partial charge on any atom is 0.347 e. The molecule has 0 amide bonds. The van der Waals surface area contributed by atoms with Gasteiger partial charge in [-0.05, 0) is 32.1 Å². The summed E-state index contributed by atoms with van der Waals surface area (Å²) in [5.74, 6) is -0.175. The van der Waals surface area contributed by atoms with Gasteiger partial charge in [-0.15, -0.1) is 0 Å². The molecule has 1 aliphatic carbocycles. The molecule has 0 aliphatic heterocycles. The summed E-state index contributed by atoms with van der Waals surface area (Å²) < 4.78 is 5.17. The molecule has 1 fully saturated rings. The standard InChI is InChI=1S/C14H22N2O3S/c1-4-11-12(13(17)18)20-14(15-11)16(7-8-19-3)9(2)10-5-6-10/h9-10H,4-8H2,1-3H3,(H,17,18). The third-order valence-corrected chi connectivity index (χ3v) is 4.92. The fourth-order valence-corrected chi connectivity index (χ4v) is 3.47. The van der Waals surface area contributed by atoms with Crippen LogP contribution in [0, 0.1) is 5.92 Å². The summed E-state index contributed by atoms with van der Waals surface area (Å²) in [6.07, 6.45) is 3.15. The van der Waals surface area contributed by atoms with Crippen molar-refractivity contribution in [2.75, 3.05) is 25.2 Å². The van der Waals surface area contributed by atoms with Gasteiger partial charge in [0, 0.05) is 19.7 Å². The molecular weight excluding hydrogens is 276 g/mol. The molecule has 1 aromatic heterocycles. The monoisotopic (exact) mass is 298 g/mol. The summed E-state index contributed by atoms with van der Waals surface area (Å²) in [5.41, 5.74) is 0.683. The first-order valence-electron chi connectivity index (χ1n) is 7.07. The lowest BCUT2D eigenvalue weighted by molar-refractivity contribution is 0.0701. The molecule has 0 aromatic carbocycles. The summed E-state index contributed by atoms with van der Waals surface area (Å²) in [4.78, 5) is 18.4. The number of aromatic nitrogens is 1. The van der Waals surface area contributed by atoms with Crippen LogP contribution in [0.4, 0.5) is 5.13 Å². The van der Waals surface area contributed by atoms with Gasteiger partial charge in [-0.25, -0.2) is 9.78 Å². The smallest absolute Gasteiger partial charge is 0.347 e. The highest BCUT2D eigenvalue weighted by molar-refractivity contribution is 7.17. The molecule has 1 atom stereocenters. The molecule has 1 aromatic rings. The molecule has 1 aliphatic rings. The van der Waals surface area contributed by atoms with Gasteiger partial charge < -0.3 is 14.7 Å². The minimum absolute atomic E-state index is 0.368. The Kier molecular flexibility index (Phi) is 4.99. The number of anilines is 1. The van der Waals surface area contributed by atoms with E-state index < -0.39 is 5.97 Å². The van der Waals surface area contributed by atoms with Crippen LogP contribution in [0.2, 0.25) is 0 Å². The van der Waals surface area contributed by atoms with E-state index in [1.807, 2.05) is 6.92 Å². The largest absolute Gasteiger partial charge is 0.477 e.